The summed E-state index contributed by atoms with van der Waals surface area (Å²) in [5.41, 5.74) is 1.16. The number of rotatable bonds is 4. The van der Waals surface area contributed by atoms with Crippen LogP contribution < -0.4 is 5.32 Å². The van der Waals surface area contributed by atoms with Crippen LogP contribution in [0.3, 0.4) is 0 Å². The molecular formula is C13H16N4O3S. The maximum atomic E-state index is 12.4. The molecule has 0 aliphatic carbocycles. The van der Waals surface area contributed by atoms with Gasteiger partial charge < -0.3 is 10.3 Å². The summed E-state index contributed by atoms with van der Waals surface area (Å²) < 4.78 is 12.4. The smallest absolute Gasteiger partial charge is 0.271 e. The summed E-state index contributed by atoms with van der Waals surface area (Å²) in [6.45, 7) is 1.93. The van der Waals surface area contributed by atoms with E-state index in [0.717, 1.165) is 25.9 Å². The fourth-order valence-corrected chi connectivity index (χ4v) is 3.88. The number of nitro benzene ring substituents is 1. The van der Waals surface area contributed by atoms with E-state index in [9.17, 15) is 14.3 Å². The average Bonchev–Trinajstić information content (AvgIpc) is 2.91. The van der Waals surface area contributed by atoms with E-state index in [2.05, 4.69) is 15.3 Å². The number of H-pyrrole nitrogens is 1. The van der Waals surface area contributed by atoms with Gasteiger partial charge in [0.05, 0.1) is 26.8 Å². The number of hydrogen-bond donors (Lipinski definition) is 2. The minimum atomic E-state index is -1.20. The van der Waals surface area contributed by atoms with Gasteiger partial charge in [-0.05, 0) is 37.9 Å². The number of nitrogens with zero attached hydrogens (tertiary/aromatic N) is 2. The second kappa shape index (κ2) is 5.90. The van der Waals surface area contributed by atoms with E-state index >= 15 is 0 Å². The lowest BCUT2D eigenvalue weighted by atomic mass is 10.0. The van der Waals surface area contributed by atoms with Crippen LogP contribution in [0.15, 0.2) is 23.4 Å². The molecule has 0 bridgehead atoms. The van der Waals surface area contributed by atoms with Crippen molar-refractivity contribution in [1.29, 1.82) is 0 Å². The monoisotopic (exact) mass is 308 g/mol. The maximum Gasteiger partial charge on any atom is 0.271 e. The highest BCUT2D eigenvalue weighted by atomic mass is 32.2. The molecular weight excluding hydrogens is 292 g/mol. The van der Waals surface area contributed by atoms with Crippen LogP contribution in [0.1, 0.15) is 12.8 Å². The molecule has 3 rings (SSSR count). The first kappa shape index (κ1) is 14.2. The van der Waals surface area contributed by atoms with Crippen LogP contribution >= 0.6 is 0 Å². The van der Waals surface area contributed by atoms with Crippen molar-refractivity contribution >= 4 is 27.5 Å². The predicted molar refractivity (Wildman–Crippen MR) is 79.6 cm³/mol. The van der Waals surface area contributed by atoms with Crippen LogP contribution in [-0.4, -0.2) is 37.9 Å². The number of aromatic nitrogens is 2. The third-order valence-electron chi connectivity index (χ3n) is 3.72. The summed E-state index contributed by atoms with van der Waals surface area (Å²) in [4.78, 5) is 17.5. The maximum absolute atomic E-state index is 12.4. The number of piperidine rings is 1. The molecule has 2 heterocycles. The number of non-ortho nitro benzene ring substituents is 1. The Morgan fingerprint density at radius 1 is 1.38 bits per heavy atom. The zero-order chi connectivity index (χ0) is 14.8. The first-order valence-corrected chi connectivity index (χ1v) is 8.18. The van der Waals surface area contributed by atoms with Crippen LogP contribution in [0.4, 0.5) is 5.69 Å². The molecule has 112 valence electrons. The number of fused-ring (bicyclic) bond motifs is 1. The summed E-state index contributed by atoms with van der Waals surface area (Å²) in [6.07, 6.45) is 2.05. The van der Waals surface area contributed by atoms with Gasteiger partial charge in [0, 0.05) is 17.9 Å². The van der Waals surface area contributed by atoms with Crippen molar-refractivity contribution < 1.29 is 9.13 Å². The second-order valence-electron chi connectivity index (χ2n) is 5.21. The Hall–Kier alpha value is -1.80. The molecule has 1 aliphatic rings. The van der Waals surface area contributed by atoms with Crippen LogP contribution in [0.5, 0.6) is 0 Å². The molecule has 0 amide bonds. The molecule has 21 heavy (non-hydrogen) atoms. The normalized spacial score (nSPS) is 17.9. The van der Waals surface area contributed by atoms with Crippen LogP contribution in [0.25, 0.3) is 11.0 Å². The first-order valence-electron chi connectivity index (χ1n) is 6.87. The minimum absolute atomic E-state index is 0.00170. The number of nitrogens with one attached hydrogen (secondary N) is 2. The summed E-state index contributed by atoms with van der Waals surface area (Å²) in [6, 6.07) is 4.41. The molecule has 2 aromatic rings. The van der Waals surface area contributed by atoms with Gasteiger partial charge in [-0.2, -0.15) is 0 Å². The molecule has 0 spiro atoms. The van der Waals surface area contributed by atoms with Crippen molar-refractivity contribution in [2.75, 3.05) is 18.8 Å². The molecule has 7 nitrogen and oxygen atoms in total. The SMILES string of the molecule is O=[N+]([O-])c1ccc2nc([S@](=O)CC3CCNCC3)[nH]c2c1. The van der Waals surface area contributed by atoms with Gasteiger partial charge in [0.15, 0.2) is 5.16 Å². The Balaban J connectivity index is 1.79. The first-order chi connectivity index (χ1) is 10.1. The standard InChI is InChI=1S/C13H16N4O3S/c18-17(19)10-1-2-11-12(7-10)16-13(15-11)21(20)8-9-3-5-14-6-4-9/h1-2,7,9,14H,3-6,8H2,(H,15,16)/t21-/m1/s1. The summed E-state index contributed by atoms with van der Waals surface area (Å²) in [5.74, 6) is 1.03. The zero-order valence-corrected chi connectivity index (χ0v) is 12.2. The van der Waals surface area contributed by atoms with Crippen molar-refractivity contribution in [3.63, 3.8) is 0 Å². The molecule has 1 aromatic heterocycles. The average molecular weight is 308 g/mol. The molecule has 0 saturated carbocycles. The van der Waals surface area contributed by atoms with Crippen molar-refractivity contribution in [3.8, 4) is 0 Å². The summed E-state index contributed by atoms with van der Waals surface area (Å²) in [5, 5.41) is 14.4. The summed E-state index contributed by atoms with van der Waals surface area (Å²) in [7, 11) is -1.20. The molecule has 1 atom stereocenters. The number of imidazole rings is 1. The van der Waals surface area contributed by atoms with Crippen LogP contribution in [0.2, 0.25) is 0 Å². The van der Waals surface area contributed by atoms with Crippen molar-refractivity contribution in [1.82, 2.24) is 15.3 Å². The lowest BCUT2D eigenvalue weighted by Gasteiger charge is -2.21. The van der Waals surface area contributed by atoms with E-state index in [1.807, 2.05) is 0 Å². The van der Waals surface area contributed by atoms with Gasteiger partial charge in [-0.3, -0.25) is 14.3 Å². The minimum Gasteiger partial charge on any atom is -0.331 e. The van der Waals surface area contributed by atoms with Gasteiger partial charge in [-0.15, -0.1) is 0 Å². The second-order valence-corrected chi connectivity index (χ2v) is 6.62. The van der Waals surface area contributed by atoms with Crippen LogP contribution in [0, 0.1) is 16.0 Å². The topological polar surface area (TPSA) is 101 Å². The quantitative estimate of drug-likeness (QED) is 0.659. The zero-order valence-electron chi connectivity index (χ0n) is 11.4. The van der Waals surface area contributed by atoms with E-state index in [1.165, 1.54) is 12.1 Å². The third kappa shape index (κ3) is 3.11. The van der Waals surface area contributed by atoms with Crippen LogP contribution in [-0.2, 0) is 10.8 Å². The molecule has 8 heteroatoms. The van der Waals surface area contributed by atoms with Gasteiger partial charge in [-0.1, -0.05) is 0 Å². The summed E-state index contributed by atoms with van der Waals surface area (Å²) >= 11 is 0. The van der Waals surface area contributed by atoms with Crippen molar-refractivity contribution in [2.45, 2.75) is 18.0 Å². The van der Waals surface area contributed by atoms with Gasteiger partial charge in [0.2, 0.25) is 0 Å². The lowest BCUT2D eigenvalue weighted by Crippen LogP contribution is -2.30. The molecule has 1 fully saturated rings. The van der Waals surface area contributed by atoms with E-state index in [0.29, 0.717) is 27.9 Å². The van der Waals surface area contributed by atoms with Gasteiger partial charge >= 0.3 is 0 Å². The van der Waals surface area contributed by atoms with Gasteiger partial charge in [0.1, 0.15) is 0 Å². The highest BCUT2D eigenvalue weighted by molar-refractivity contribution is 7.84. The number of hydrogen-bond acceptors (Lipinski definition) is 5. The Labute approximate surface area is 123 Å². The number of nitro groups is 1. The Kier molecular flexibility index (Phi) is 3.98. The molecule has 2 N–H and O–H groups in total. The number of benzene rings is 1. The van der Waals surface area contributed by atoms with Gasteiger partial charge in [0.25, 0.3) is 5.69 Å². The highest BCUT2D eigenvalue weighted by Crippen LogP contribution is 2.21. The van der Waals surface area contributed by atoms with Gasteiger partial charge in [-0.25, -0.2) is 4.98 Å². The third-order valence-corrected chi connectivity index (χ3v) is 5.11. The fraction of sp³-hybridized carbons (Fsp3) is 0.462. The molecule has 1 aromatic carbocycles. The van der Waals surface area contributed by atoms with Crippen molar-refractivity contribution in [2.24, 2.45) is 5.92 Å². The molecule has 1 aliphatic heterocycles. The Morgan fingerprint density at radius 2 is 2.14 bits per heavy atom. The molecule has 0 radical (unpaired) electrons. The van der Waals surface area contributed by atoms with E-state index in [-0.39, 0.29) is 5.69 Å². The van der Waals surface area contributed by atoms with E-state index in [4.69, 9.17) is 0 Å². The largest absolute Gasteiger partial charge is 0.331 e. The lowest BCUT2D eigenvalue weighted by molar-refractivity contribution is -0.384. The molecule has 0 unspecified atom stereocenters. The highest BCUT2D eigenvalue weighted by Gasteiger charge is 2.19. The fourth-order valence-electron chi connectivity index (χ4n) is 2.54. The van der Waals surface area contributed by atoms with E-state index < -0.39 is 15.7 Å². The Morgan fingerprint density at radius 3 is 2.86 bits per heavy atom. The Bertz CT molecular complexity index is 694. The van der Waals surface area contributed by atoms with Crippen molar-refractivity contribution in [3.05, 3.63) is 28.3 Å². The predicted octanol–water partition coefficient (Wildman–Crippen LogP) is 1.58. The number of aromatic amines is 1. The molecule has 1 saturated heterocycles. The van der Waals surface area contributed by atoms with E-state index in [1.54, 1.807) is 6.07 Å².